The summed E-state index contributed by atoms with van der Waals surface area (Å²) in [6, 6.07) is 0. The first kappa shape index (κ1) is 16.7. The molecular weight excluding hydrogens is 308 g/mol. The second kappa shape index (κ2) is 7.04. The summed E-state index contributed by atoms with van der Waals surface area (Å²) >= 11 is 1.38. The summed E-state index contributed by atoms with van der Waals surface area (Å²) in [6.07, 6.45) is 1.81. The predicted octanol–water partition coefficient (Wildman–Crippen LogP) is 1.74. The van der Waals surface area contributed by atoms with Gasteiger partial charge in [0, 0.05) is 18.0 Å². The minimum atomic E-state index is -3.47. The van der Waals surface area contributed by atoms with Crippen molar-refractivity contribution in [3.05, 3.63) is 10.6 Å². The highest BCUT2D eigenvalue weighted by molar-refractivity contribution is 7.90. The van der Waals surface area contributed by atoms with Crippen molar-refractivity contribution in [2.75, 3.05) is 30.9 Å². The summed E-state index contributed by atoms with van der Waals surface area (Å²) in [5, 5.41) is 3.79. The zero-order valence-corrected chi connectivity index (χ0v) is 14.5. The standard InChI is InChI=1S/C13H24N4O2S2/c1-4-14-9-12-5-7-17(8-6-12)21(18,19)16-13-15-10(2)11(3)20-13/h12,14H,4-9H2,1-3H3,(H,15,16). The van der Waals surface area contributed by atoms with E-state index in [1.54, 1.807) is 0 Å². The van der Waals surface area contributed by atoms with E-state index < -0.39 is 10.2 Å². The maximum Gasteiger partial charge on any atom is 0.303 e. The van der Waals surface area contributed by atoms with Gasteiger partial charge in [-0.15, -0.1) is 11.3 Å². The topological polar surface area (TPSA) is 74.3 Å². The van der Waals surface area contributed by atoms with Crippen molar-refractivity contribution in [1.29, 1.82) is 0 Å². The molecule has 1 saturated heterocycles. The van der Waals surface area contributed by atoms with Crippen LogP contribution in [0.3, 0.4) is 0 Å². The van der Waals surface area contributed by atoms with Gasteiger partial charge >= 0.3 is 10.2 Å². The Bertz CT molecular complexity index is 543. The minimum absolute atomic E-state index is 0.458. The van der Waals surface area contributed by atoms with Gasteiger partial charge in [-0.1, -0.05) is 6.92 Å². The second-order valence-electron chi connectivity index (χ2n) is 5.42. The van der Waals surface area contributed by atoms with Crippen LogP contribution in [0.5, 0.6) is 0 Å². The quantitative estimate of drug-likeness (QED) is 0.832. The number of piperidine rings is 1. The first-order valence-corrected chi connectivity index (χ1v) is 9.60. The molecule has 8 heteroatoms. The van der Waals surface area contributed by atoms with Gasteiger partial charge in [-0.05, 0) is 45.7 Å². The van der Waals surface area contributed by atoms with Crippen molar-refractivity contribution in [2.24, 2.45) is 5.92 Å². The number of aryl methyl sites for hydroxylation is 2. The Kier molecular flexibility index (Phi) is 5.59. The first-order chi connectivity index (χ1) is 9.92. The maximum absolute atomic E-state index is 12.4. The zero-order chi connectivity index (χ0) is 15.5. The lowest BCUT2D eigenvalue weighted by Gasteiger charge is -2.31. The van der Waals surface area contributed by atoms with E-state index in [9.17, 15) is 8.42 Å². The molecule has 1 aromatic rings. The van der Waals surface area contributed by atoms with Crippen molar-refractivity contribution < 1.29 is 8.42 Å². The highest BCUT2D eigenvalue weighted by Gasteiger charge is 2.28. The van der Waals surface area contributed by atoms with E-state index in [2.05, 4.69) is 21.9 Å². The van der Waals surface area contributed by atoms with Gasteiger partial charge in [0.1, 0.15) is 0 Å². The van der Waals surface area contributed by atoms with Crippen LogP contribution in [0.25, 0.3) is 0 Å². The van der Waals surface area contributed by atoms with Crippen molar-refractivity contribution in [3.8, 4) is 0 Å². The van der Waals surface area contributed by atoms with Gasteiger partial charge in [-0.3, -0.25) is 0 Å². The van der Waals surface area contributed by atoms with E-state index in [0.29, 0.717) is 24.1 Å². The lowest BCUT2D eigenvalue weighted by molar-refractivity contribution is 0.269. The van der Waals surface area contributed by atoms with Crippen LogP contribution in [-0.4, -0.2) is 43.9 Å². The molecule has 1 aromatic heterocycles. The molecule has 0 saturated carbocycles. The van der Waals surface area contributed by atoms with Crippen LogP contribution in [0.4, 0.5) is 5.13 Å². The molecule has 0 aliphatic carbocycles. The van der Waals surface area contributed by atoms with E-state index in [-0.39, 0.29) is 0 Å². The van der Waals surface area contributed by atoms with Gasteiger partial charge in [0.15, 0.2) is 5.13 Å². The van der Waals surface area contributed by atoms with E-state index in [1.165, 1.54) is 15.6 Å². The van der Waals surface area contributed by atoms with Crippen molar-refractivity contribution in [3.63, 3.8) is 0 Å². The lowest BCUT2D eigenvalue weighted by atomic mass is 9.98. The van der Waals surface area contributed by atoms with Crippen LogP contribution in [0.1, 0.15) is 30.3 Å². The number of nitrogens with zero attached hydrogens (tertiary/aromatic N) is 2. The molecule has 0 amide bonds. The predicted molar refractivity (Wildman–Crippen MR) is 87.0 cm³/mol. The van der Waals surface area contributed by atoms with Gasteiger partial charge in [0.2, 0.25) is 0 Å². The third-order valence-corrected chi connectivity index (χ3v) is 6.46. The molecule has 6 nitrogen and oxygen atoms in total. The Morgan fingerprint density at radius 2 is 2.00 bits per heavy atom. The summed E-state index contributed by atoms with van der Waals surface area (Å²) < 4.78 is 28.9. The smallest absolute Gasteiger partial charge is 0.303 e. The van der Waals surface area contributed by atoms with Crippen LogP contribution >= 0.6 is 11.3 Å². The Balaban J connectivity index is 1.92. The van der Waals surface area contributed by atoms with Crippen LogP contribution in [0.15, 0.2) is 0 Å². The molecule has 1 aliphatic heterocycles. The number of hydrogen-bond acceptors (Lipinski definition) is 5. The average Bonchev–Trinajstić information content (AvgIpc) is 2.74. The van der Waals surface area contributed by atoms with E-state index in [1.807, 2.05) is 13.8 Å². The highest BCUT2D eigenvalue weighted by atomic mass is 32.2. The molecule has 2 rings (SSSR count). The summed E-state index contributed by atoms with van der Waals surface area (Å²) in [6.45, 7) is 9.00. The Morgan fingerprint density at radius 3 is 2.52 bits per heavy atom. The summed E-state index contributed by atoms with van der Waals surface area (Å²) in [7, 11) is -3.47. The van der Waals surface area contributed by atoms with Gasteiger partial charge in [-0.25, -0.2) is 9.71 Å². The van der Waals surface area contributed by atoms with Crippen molar-refractivity contribution in [2.45, 2.75) is 33.6 Å². The normalized spacial score (nSPS) is 18.0. The van der Waals surface area contributed by atoms with Crippen LogP contribution in [0, 0.1) is 19.8 Å². The SMILES string of the molecule is CCNCC1CCN(S(=O)(=O)Nc2nc(C)c(C)s2)CC1. The fourth-order valence-corrected chi connectivity index (χ4v) is 4.63. The first-order valence-electron chi connectivity index (χ1n) is 7.35. The molecule has 0 spiro atoms. The molecule has 2 N–H and O–H groups in total. The Hall–Kier alpha value is -0.700. The zero-order valence-electron chi connectivity index (χ0n) is 12.8. The lowest BCUT2D eigenvalue weighted by Crippen LogP contribution is -2.43. The Morgan fingerprint density at radius 1 is 1.33 bits per heavy atom. The van der Waals surface area contributed by atoms with Gasteiger partial charge in [0.05, 0.1) is 5.69 Å². The summed E-state index contributed by atoms with van der Waals surface area (Å²) in [5.74, 6) is 0.570. The second-order valence-corrected chi connectivity index (χ2v) is 8.29. The number of nitrogens with one attached hydrogen (secondary N) is 2. The number of thiazole rings is 1. The van der Waals surface area contributed by atoms with Crippen LogP contribution in [-0.2, 0) is 10.2 Å². The van der Waals surface area contributed by atoms with Gasteiger partial charge < -0.3 is 5.32 Å². The fourth-order valence-electron chi connectivity index (χ4n) is 2.39. The largest absolute Gasteiger partial charge is 0.317 e. The van der Waals surface area contributed by atoms with Crippen LogP contribution in [0.2, 0.25) is 0 Å². The maximum atomic E-state index is 12.4. The monoisotopic (exact) mass is 332 g/mol. The molecule has 0 atom stereocenters. The molecule has 1 aliphatic rings. The van der Waals surface area contributed by atoms with Crippen molar-refractivity contribution in [1.82, 2.24) is 14.6 Å². The summed E-state index contributed by atoms with van der Waals surface area (Å²) in [4.78, 5) is 5.28. The number of rotatable bonds is 6. The molecule has 0 unspecified atom stereocenters. The van der Waals surface area contributed by atoms with E-state index >= 15 is 0 Å². The molecule has 0 aromatic carbocycles. The number of hydrogen-bond donors (Lipinski definition) is 2. The molecular formula is C13H24N4O2S2. The molecule has 120 valence electrons. The van der Waals surface area contributed by atoms with Gasteiger partial charge in [-0.2, -0.15) is 12.7 Å². The highest BCUT2D eigenvalue weighted by Crippen LogP contribution is 2.24. The third kappa shape index (κ3) is 4.38. The summed E-state index contributed by atoms with van der Waals surface area (Å²) in [5.41, 5.74) is 0.877. The average molecular weight is 332 g/mol. The molecule has 1 fully saturated rings. The minimum Gasteiger partial charge on any atom is -0.317 e. The van der Waals surface area contributed by atoms with E-state index in [0.717, 1.165) is 36.5 Å². The molecule has 21 heavy (non-hydrogen) atoms. The van der Waals surface area contributed by atoms with E-state index in [4.69, 9.17) is 0 Å². The molecule has 2 heterocycles. The molecule has 0 radical (unpaired) electrons. The van der Waals surface area contributed by atoms with Gasteiger partial charge in [0.25, 0.3) is 0 Å². The number of aromatic nitrogens is 1. The number of anilines is 1. The van der Waals surface area contributed by atoms with Crippen molar-refractivity contribution >= 4 is 26.7 Å². The van der Waals surface area contributed by atoms with Crippen LogP contribution < -0.4 is 10.0 Å². The Labute approximate surface area is 131 Å². The fraction of sp³-hybridized carbons (Fsp3) is 0.769. The molecule has 0 bridgehead atoms. The third-order valence-electron chi connectivity index (χ3n) is 3.84.